The van der Waals surface area contributed by atoms with Crippen LogP contribution < -0.4 is 5.32 Å². The van der Waals surface area contributed by atoms with E-state index in [2.05, 4.69) is 5.32 Å². The molecule has 0 atom stereocenters. The van der Waals surface area contributed by atoms with Gasteiger partial charge in [-0.15, -0.1) is 11.6 Å². The second-order valence-corrected chi connectivity index (χ2v) is 3.66. The summed E-state index contributed by atoms with van der Waals surface area (Å²) in [6.45, 7) is 0.648. The van der Waals surface area contributed by atoms with E-state index in [1.54, 1.807) is 0 Å². The fraction of sp³-hybridized carbons (Fsp3) is 0.364. The minimum atomic E-state index is -1.67. The van der Waals surface area contributed by atoms with E-state index in [-0.39, 0.29) is 13.2 Å². The third-order valence-electron chi connectivity index (χ3n) is 2.03. The van der Waals surface area contributed by atoms with Gasteiger partial charge in [0.2, 0.25) is 0 Å². The van der Waals surface area contributed by atoms with E-state index >= 15 is 0 Å². The van der Waals surface area contributed by atoms with Crippen LogP contribution in [0.25, 0.3) is 0 Å². The van der Waals surface area contributed by atoms with Gasteiger partial charge in [-0.25, -0.2) is 13.2 Å². The first-order chi connectivity index (χ1) is 8.57. The summed E-state index contributed by atoms with van der Waals surface area (Å²) >= 11 is 5.35. The molecule has 0 unspecified atom stereocenters. The van der Waals surface area contributed by atoms with Gasteiger partial charge in [-0.05, 0) is 12.1 Å². The van der Waals surface area contributed by atoms with Gasteiger partial charge in [0, 0.05) is 12.4 Å². The lowest BCUT2D eigenvalue weighted by molar-refractivity contribution is 0.0918. The van der Waals surface area contributed by atoms with E-state index in [4.69, 9.17) is 16.3 Å². The number of nitrogens with one attached hydrogen (secondary N) is 1. The number of hydrogen-bond donors (Lipinski definition) is 1. The quantitative estimate of drug-likeness (QED) is 0.493. The molecule has 7 heteroatoms. The van der Waals surface area contributed by atoms with Gasteiger partial charge in [0.1, 0.15) is 0 Å². The molecule has 0 radical (unpaired) electrons. The Morgan fingerprint density at radius 2 is 1.94 bits per heavy atom. The molecule has 1 amide bonds. The first-order valence-electron chi connectivity index (χ1n) is 5.13. The molecule has 3 nitrogen and oxygen atoms in total. The van der Waals surface area contributed by atoms with Crippen LogP contribution in [0.5, 0.6) is 0 Å². The number of carbonyl (C=O) groups excluding carboxylic acids is 1. The molecular weight excluding hydrogens is 271 g/mol. The van der Waals surface area contributed by atoms with Crippen LogP contribution in [0.2, 0.25) is 0 Å². The number of hydrogen-bond acceptors (Lipinski definition) is 2. The topological polar surface area (TPSA) is 38.3 Å². The molecule has 0 heterocycles. The highest BCUT2D eigenvalue weighted by Gasteiger charge is 2.18. The number of halogens is 4. The van der Waals surface area contributed by atoms with Crippen LogP contribution in [0.15, 0.2) is 12.1 Å². The van der Waals surface area contributed by atoms with Gasteiger partial charge in [0.25, 0.3) is 5.91 Å². The molecular formula is C11H11ClF3NO2. The van der Waals surface area contributed by atoms with Crippen molar-refractivity contribution < 1.29 is 22.7 Å². The minimum Gasteiger partial charge on any atom is -0.378 e. The highest BCUT2D eigenvalue weighted by atomic mass is 35.5. The molecule has 18 heavy (non-hydrogen) atoms. The van der Waals surface area contributed by atoms with E-state index in [1.165, 1.54) is 0 Å². The normalized spacial score (nSPS) is 10.4. The second-order valence-electron chi connectivity index (χ2n) is 3.28. The highest BCUT2D eigenvalue weighted by Crippen LogP contribution is 2.14. The zero-order chi connectivity index (χ0) is 13.5. The Bertz CT molecular complexity index is 429. The van der Waals surface area contributed by atoms with Gasteiger partial charge < -0.3 is 10.1 Å². The lowest BCUT2D eigenvalue weighted by atomic mass is 10.2. The molecule has 0 saturated heterocycles. The van der Waals surface area contributed by atoms with Gasteiger partial charge >= 0.3 is 0 Å². The Morgan fingerprint density at radius 3 is 2.61 bits per heavy atom. The number of benzene rings is 1. The fourth-order valence-corrected chi connectivity index (χ4v) is 1.30. The molecule has 0 saturated carbocycles. The monoisotopic (exact) mass is 281 g/mol. The first kappa shape index (κ1) is 14.8. The maximum Gasteiger partial charge on any atom is 0.254 e. The summed E-state index contributed by atoms with van der Waals surface area (Å²) in [5, 5.41) is 2.31. The molecule has 0 aliphatic rings. The average molecular weight is 282 g/mol. The SMILES string of the molecule is O=C(NCCOCCCl)c1ccc(F)c(F)c1F. The summed E-state index contributed by atoms with van der Waals surface area (Å²) in [6.07, 6.45) is 0. The molecule has 1 aromatic rings. The van der Waals surface area contributed by atoms with Crippen LogP contribution in [0.1, 0.15) is 10.4 Å². The van der Waals surface area contributed by atoms with Crippen molar-refractivity contribution in [1.82, 2.24) is 5.32 Å². The van der Waals surface area contributed by atoms with Gasteiger partial charge in [-0.3, -0.25) is 4.79 Å². The van der Waals surface area contributed by atoms with Crippen molar-refractivity contribution in [2.24, 2.45) is 0 Å². The Kier molecular flexibility index (Phi) is 5.94. The van der Waals surface area contributed by atoms with E-state index < -0.39 is 28.9 Å². The molecule has 0 aliphatic carbocycles. The fourth-order valence-electron chi connectivity index (χ4n) is 1.19. The van der Waals surface area contributed by atoms with Crippen LogP contribution in [-0.2, 0) is 4.74 Å². The van der Waals surface area contributed by atoms with Gasteiger partial charge in [-0.1, -0.05) is 0 Å². The molecule has 0 bridgehead atoms. The first-order valence-corrected chi connectivity index (χ1v) is 5.66. The van der Waals surface area contributed by atoms with Crippen LogP contribution in [0.4, 0.5) is 13.2 Å². The summed E-state index contributed by atoms with van der Waals surface area (Å²) in [5.74, 6) is -5.02. The third-order valence-corrected chi connectivity index (χ3v) is 2.19. The van der Waals surface area contributed by atoms with E-state index in [0.717, 1.165) is 6.07 Å². The van der Waals surface area contributed by atoms with Crippen molar-refractivity contribution in [3.63, 3.8) is 0 Å². The lowest BCUT2D eigenvalue weighted by Crippen LogP contribution is -2.28. The molecule has 0 aliphatic heterocycles. The van der Waals surface area contributed by atoms with Crippen molar-refractivity contribution in [2.45, 2.75) is 0 Å². The second kappa shape index (κ2) is 7.23. The molecule has 100 valence electrons. The zero-order valence-electron chi connectivity index (χ0n) is 9.31. The molecule has 0 spiro atoms. The Labute approximate surface area is 107 Å². The predicted octanol–water partition coefficient (Wildman–Crippen LogP) is 2.09. The molecule has 1 N–H and O–H groups in total. The van der Waals surface area contributed by atoms with Gasteiger partial charge in [-0.2, -0.15) is 0 Å². The number of carbonyl (C=O) groups is 1. The smallest absolute Gasteiger partial charge is 0.254 e. The number of alkyl halides is 1. The van der Waals surface area contributed by atoms with E-state index in [1.807, 2.05) is 0 Å². The summed E-state index contributed by atoms with van der Waals surface area (Å²) in [4.78, 5) is 11.4. The van der Waals surface area contributed by atoms with Crippen LogP contribution in [0.3, 0.4) is 0 Å². The van der Waals surface area contributed by atoms with Crippen molar-refractivity contribution >= 4 is 17.5 Å². The highest BCUT2D eigenvalue weighted by molar-refractivity contribution is 6.17. The Hall–Kier alpha value is -1.27. The van der Waals surface area contributed by atoms with Gasteiger partial charge in [0.15, 0.2) is 17.5 Å². The van der Waals surface area contributed by atoms with E-state index in [0.29, 0.717) is 18.6 Å². The standard InChI is InChI=1S/C11H11ClF3NO2/c12-3-5-18-6-4-16-11(17)7-1-2-8(13)10(15)9(7)14/h1-2H,3-6H2,(H,16,17). The predicted molar refractivity (Wildman–Crippen MR) is 60.2 cm³/mol. The van der Waals surface area contributed by atoms with Crippen molar-refractivity contribution in [3.8, 4) is 0 Å². The van der Waals surface area contributed by atoms with Crippen molar-refractivity contribution in [1.29, 1.82) is 0 Å². The minimum absolute atomic E-state index is 0.119. The Balaban J connectivity index is 2.54. The van der Waals surface area contributed by atoms with Gasteiger partial charge in [0.05, 0.1) is 18.8 Å². The number of rotatable bonds is 6. The summed E-state index contributed by atoms with van der Waals surface area (Å²) in [5.41, 5.74) is -0.550. The molecule has 1 aromatic carbocycles. The molecule has 0 fully saturated rings. The van der Waals surface area contributed by atoms with Crippen LogP contribution >= 0.6 is 11.6 Å². The number of amides is 1. The van der Waals surface area contributed by atoms with Crippen LogP contribution in [-0.4, -0.2) is 31.5 Å². The summed E-state index contributed by atoms with van der Waals surface area (Å²) in [7, 11) is 0. The maximum atomic E-state index is 13.2. The summed E-state index contributed by atoms with van der Waals surface area (Å²) < 4.78 is 43.7. The maximum absolute atomic E-state index is 13.2. The average Bonchev–Trinajstić information content (AvgIpc) is 2.35. The Morgan fingerprint density at radius 1 is 1.22 bits per heavy atom. The molecule has 1 rings (SSSR count). The number of ether oxygens (including phenoxy) is 1. The van der Waals surface area contributed by atoms with Crippen LogP contribution in [0, 0.1) is 17.5 Å². The zero-order valence-corrected chi connectivity index (χ0v) is 10.1. The molecule has 0 aromatic heterocycles. The van der Waals surface area contributed by atoms with Crippen molar-refractivity contribution in [2.75, 3.05) is 25.6 Å². The third kappa shape index (κ3) is 3.89. The largest absolute Gasteiger partial charge is 0.378 e. The summed E-state index contributed by atoms with van der Waals surface area (Å²) in [6, 6.07) is 1.57. The lowest BCUT2D eigenvalue weighted by Gasteiger charge is -2.07. The van der Waals surface area contributed by atoms with E-state index in [9.17, 15) is 18.0 Å². The van der Waals surface area contributed by atoms with Crippen molar-refractivity contribution in [3.05, 3.63) is 35.1 Å².